The lowest BCUT2D eigenvalue weighted by molar-refractivity contribution is -0.141. The lowest BCUT2D eigenvalue weighted by Gasteiger charge is -2.17. The fourth-order valence-corrected chi connectivity index (χ4v) is 2.95. The largest absolute Gasteiger partial charge is 0.433 e. The molecule has 3 heterocycles. The first-order valence-electron chi connectivity index (χ1n) is 8.24. The Bertz CT molecular complexity index is 762. The molecule has 0 aromatic carbocycles. The number of nitrogens with zero attached hydrogens (tertiary/aromatic N) is 5. The van der Waals surface area contributed by atoms with E-state index in [4.69, 9.17) is 0 Å². The first-order chi connectivity index (χ1) is 12.0. The molecule has 25 heavy (non-hydrogen) atoms. The smallest absolute Gasteiger partial charge is 0.350 e. The van der Waals surface area contributed by atoms with Gasteiger partial charge in [-0.3, -0.25) is 0 Å². The number of anilines is 2. The van der Waals surface area contributed by atoms with E-state index in [0.29, 0.717) is 18.4 Å². The van der Waals surface area contributed by atoms with Crippen LogP contribution in [0.4, 0.5) is 25.1 Å². The SMILES string of the molecule is FC(F)(F)c1ccnc(NC2CCN(c3nccc(C4CC4)n3)C2)n1. The number of aromatic nitrogens is 4. The van der Waals surface area contributed by atoms with Crippen LogP contribution >= 0.6 is 0 Å². The standard InChI is InChI=1S/C16H17F3N6/c17-16(18,19)13-4-7-20-14(24-13)22-11-5-8-25(9-11)15-21-6-3-12(23-15)10-1-2-10/h3-4,6-7,10-11H,1-2,5,8-9H2,(H,20,22,24). The molecule has 1 saturated carbocycles. The molecule has 132 valence electrons. The Kier molecular flexibility index (Phi) is 3.93. The molecule has 0 spiro atoms. The fourth-order valence-electron chi connectivity index (χ4n) is 2.95. The van der Waals surface area contributed by atoms with Crippen molar-refractivity contribution in [2.45, 2.75) is 37.4 Å². The number of alkyl halides is 3. The summed E-state index contributed by atoms with van der Waals surface area (Å²) in [7, 11) is 0. The van der Waals surface area contributed by atoms with Gasteiger partial charge in [0.2, 0.25) is 11.9 Å². The number of hydrogen-bond donors (Lipinski definition) is 1. The third-order valence-electron chi connectivity index (χ3n) is 4.41. The summed E-state index contributed by atoms with van der Waals surface area (Å²) in [5.41, 5.74) is 0.128. The molecule has 2 aromatic heterocycles. The van der Waals surface area contributed by atoms with E-state index in [1.807, 2.05) is 11.0 Å². The van der Waals surface area contributed by atoms with Crippen molar-refractivity contribution < 1.29 is 13.2 Å². The van der Waals surface area contributed by atoms with E-state index in [-0.39, 0.29) is 12.0 Å². The third kappa shape index (κ3) is 3.64. The highest BCUT2D eigenvalue weighted by Crippen LogP contribution is 2.39. The van der Waals surface area contributed by atoms with E-state index in [0.717, 1.165) is 30.9 Å². The van der Waals surface area contributed by atoms with Gasteiger partial charge in [-0.2, -0.15) is 13.2 Å². The molecule has 2 aliphatic rings. The van der Waals surface area contributed by atoms with E-state index >= 15 is 0 Å². The monoisotopic (exact) mass is 350 g/mol. The predicted octanol–water partition coefficient (Wildman–Crippen LogP) is 2.85. The first kappa shape index (κ1) is 16.0. The zero-order valence-corrected chi connectivity index (χ0v) is 13.4. The van der Waals surface area contributed by atoms with Crippen LogP contribution in [0.3, 0.4) is 0 Å². The van der Waals surface area contributed by atoms with Gasteiger partial charge < -0.3 is 10.2 Å². The van der Waals surface area contributed by atoms with E-state index in [2.05, 4.69) is 25.3 Å². The van der Waals surface area contributed by atoms with Crippen LogP contribution in [0.25, 0.3) is 0 Å². The van der Waals surface area contributed by atoms with Crippen LogP contribution in [0.1, 0.15) is 36.6 Å². The Morgan fingerprint density at radius 3 is 2.60 bits per heavy atom. The molecule has 6 nitrogen and oxygen atoms in total. The minimum Gasteiger partial charge on any atom is -0.350 e. The molecule has 1 atom stereocenters. The van der Waals surface area contributed by atoms with Gasteiger partial charge in [-0.1, -0.05) is 0 Å². The van der Waals surface area contributed by atoms with Crippen molar-refractivity contribution in [2.75, 3.05) is 23.3 Å². The van der Waals surface area contributed by atoms with E-state index < -0.39 is 11.9 Å². The normalized spacial score (nSPS) is 20.8. The molecule has 1 aliphatic carbocycles. The summed E-state index contributed by atoms with van der Waals surface area (Å²) < 4.78 is 38.2. The van der Waals surface area contributed by atoms with Gasteiger partial charge >= 0.3 is 6.18 Å². The summed E-state index contributed by atoms with van der Waals surface area (Å²) in [5.74, 6) is 1.23. The highest BCUT2D eigenvalue weighted by Gasteiger charge is 2.33. The molecular weight excluding hydrogens is 333 g/mol. The van der Waals surface area contributed by atoms with Crippen LogP contribution in [0.15, 0.2) is 24.5 Å². The number of nitrogens with one attached hydrogen (secondary N) is 1. The molecular formula is C16H17F3N6. The second-order valence-electron chi connectivity index (χ2n) is 6.39. The summed E-state index contributed by atoms with van der Waals surface area (Å²) in [5, 5.41) is 2.98. The average molecular weight is 350 g/mol. The van der Waals surface area contributed by atoms with Crippen molar-refractivity contribution in [3.05, 3.63) is 35.9 Å². The summed E-state index contributed by atoms with van der Waals surface area (Å²) >= 11 is 0. The minimum atomic E-state index is -4.47. The third-order valence-corrected chi connectivity index (χ3v) is 4.41. The van der Waals surface area contributed by atoms with Crippen molar-refractivity contribution in [2.24, 2.45) is 0 Å². The lowest BCUT2D eigenvalue weighted by atomic mass is 10.3. The maximum absolute atomic E-state index is 12.7. The predicted molar refractivity (Wildman–Crippen MR) is 85.3 cm³/mol. The van der Waals surface area contributed by atoms with Crippen molar-refractivity contribution in [1.82, 2.24) is 19.9 Å². The van der Waals surface area contributed by atoms with Crippen LogP contribution in [0, 0.1) is 0 Å². The Morgan fingerprint density at radius 1 is 1.04 bits per heavy atom. The van der Waals surface area contributed by atoms with Crippen molar-refractivity contribution in [3.63, 3.8) is 0 Å². The molecule has 9 heteroatoms. The summed E-state index contributed by atoms with van der Waals surface area (Å²) in [6.07, 6.45) is 1.52. The second-order valence-corrected chi connectivity index (χ2v) is 6.39. The average Bonchev–Trinajstić information content (AvgIpc) is 3.34. The fraction of sp³-hybridized carbons (Fsp3) is 0.500. The molecule has 1 unspecified atom stereocenters. The molecule has 0 bridgehead atoms. The minimum absolute atomic E-state index is 0.00526. The molecule has 1 aliphatic heterocycles. The van der Waals surface area contributed by atoms with Crippen LogP contribution in [-0.4, -0.2) is 39.1 Å². The Morgan fingerprint density at radius 2 is 1.84 bits per heavy atom. The van der Waals surface area contributed by atoms with E-state index in [1.165, 1.54) is 12.8 Å². The Balaban J connectivity index is 1.42. The number of hydrogen-bond acceptors (Lipinski definition) is 6. The second kappa shape index (κ2) is 6.12. The molecule has 0 amide bonds. The van der Waals surface area contributed by atoms with E-state index in [9.17, 15) is 13.2 Å². The molecule has 2 fully saturated rings. The molecule has 2 aromatic rings. The van der Waals surface area contributed by atoms with Crippen LogP contribution in [0.2, 0.25) is 0 Å². The van der Waals surface area contributed by atoms with E-state index in [1.54, 1.807) is 6.20 Å². The van der Waals surface area contributed by atoms with Gasteiger partial charge in [-0.05, 0) is 31.4 Å². The topological polar surface area (TPSA) is 66.8 Å². The number of halogens is 3. The van der Waals surface area contributed by atoms with Gasteiger partial charge in [-0.15, -0.1) is 0 Å². The zero-order valence-electron chi connectivity index (χ0n) is 13.4. The van der Waals surface area contributed by atoms with Crippen molar-refractivity contribution >= 4 is 11.9 Å². The van der Waals surface area contributed by atoms with Gasteiger partial charge in [-0.25, -0.2) is 19.9 Å². The van der Waals surface area contributed by atoms with Crippen molar-refractivity contribution in [3.8, 4) is 0 Å². The van der Waals surface area contributed by atoms with Gasteiger partial charge in [0, 0.05) is 43.1 Å². The summed E-state index contributed by atoms with van der Waals surface area (Å²) in [6, 6.07) is 2.77. The highest BCUT2D eigenvalue weighted by molar-refractivity contribution is 5.37. The van der Waals surface area contributed by atoms with Gasteiger partial charge in [0.25, 0.3) is 0 Å². The molecule has 1 saturated heterocycles. The maximum Gasteiger partial charge on any atom is 0.433 e. The van der Waals surface area contributed by atoms with Crippen LogP contribution < -0.4 is 10.2 Å². The molecule has 1 N–H and O–H groups in total. The van der Waals surface area contributed by atoms with Gasteiger partial charge in [0.1, 0.15) is 5.69 Å². The Hall–Kier alpha value is -2.45. The van der Waals surface area contributed by atoms with Gasteiger partial charge in [0.15, 0.2) is 0 Å². The highest BCUT2D eigenvalue weighted by atomic mass is 19.4. The Labute approximate surface area is 142 Å². The lowest BCUT2D eigenvalue weighted by Crippen LogP contribution is -2.28. The number of rotatable bonds is 4. The quantitative estimate of drug-likeness (QED) is 0.915. The maximum atomic E-state index is 12.7. The molecule has 4 rings (SSSR count). The van der Waals surface area contributed by atoms with Crippen LogP contribution in [0.5, 0.6) is 0 Å². The van der Waals surface area contributed by atoms with Gasteiger partial charge in [0.05, 0.1) is 0 Å². The van der Waals surface area contributed by atoms with Crippen LogP contribution in [-0.2, 0) is 6.18 Å². The first-order valence-corrected chi connectivity index (χ1v) is 8.24. The van der Waals surface area contributed by atoms with Crippen molar-refractivity contribution in [1.29, 1.82) is 0 Å². The summed E-state index contributed by atoms with van der Waals surface area (Å²) in [4.78, 5) is 18.4. The summed E-state index contributed by atoms with van der Waals surface area (Å²) in [6.45, 7) is 1.35. The zero-order chi connectivity index (χ0) is 17.4. The molecule has 0 radical (unpaired) electrons.